The molecule has 0 radical (unpaired) electrons. The van der Waals surface area contributed by atoms with Gasteiger partial charge in [0.1, 0.15) is 5.75 Å². The van der Waals surface area contributed by atoms with Gasteiger partial charge in [-0.1, -0.05) is 33.6 Å². The van der Waals surface area contributed by atoms with Crippen LogP contribution in [-0.4, -0.2) is 20.9 Å². The number of carbonyl (C=O) groups excluding carboxylic acids is 1. The monoisotopic (exact) mass is 502 g/mol. The summed E-state index contributed by atoms with van der Waals surface area (Å²) in [4.78, 5) is 12.4. The number of amides is 1. The average molecular weight is 503 g/mol. The molecule has 3 aromatic rings. The van der Waals surface area contributed by atoms with Crippen LogP contribution >= 0.6 is 15.9 Å². The summed E-state index contributed by atoms with van der Waals surface area (Å²) in [5.41, 5.74) is 4.34. The number of hydrogen-bond acceptors (Lipinski definition) is 4. The Bertz CT molecular complexity index is 1170. The molecule has 8 heteroatoms. The minimum absolute atomic E-state index is 0.0955. The fourth-order valence-electron chi connectivity index (χ4n) is 3.15. The largest absolute Gasteiger partial charge is 0.484 e. The topological polar surface area (TPSA) is 84.5 Å². The Labute approximate surface area is 190 Å². The number of carbonyl (C=O) groups is 1. The second kappa shape index (κ2) is 9.53. The first-order chi connectivity index (χ1) is 14.6. The zero-order valence-electron chi connectivity index (χ0n) is 17.4. The molecule has 6 nitrogen and oxygen atoms in total. The Kier molecular flexibility index (Phi) is 7.02. The highest BCUT2D eigenvalue weighted by Crippen LogP contribution is 2.23. The average Bonchev–Trinajstić information content (AvgIpc) is 2.71. The van der Waals surface area contributed by atoms with Crippen molar-refractivity contribution in [3.05, 3.63) is 81.8 Å². The molecule has 0 aromatic heterocycles. The highest BCUT2D eigenvalue weighted by molar-refractivity contribution is 9.10. The quantitative estimate of drug-likeness (QED) is 0.465. The molecule has 31 heavy (non-hydrogen) atoms. The van der Waals surface area contributed by atoms with Crippen LogP contribution in [-0.2, 0) is 14.8 Å². The molecular weight excluding hydrogens is 480 g/mol. The van der Waals surface area contributed by atoms with Crippen LogP contribution in [0.1, 0.15) is 16.7 Å². The number of aryl methyl sites for hydroxylation is 3. The van der Waals surface area contributed by atoms with E-state index in [0.717, 1.165) is 26.9 Å². The molecule has 0 saturated carbocycles. The number of benzene rings is 3. The molecular formula is C23H23BrN2O4S. The molecule has 0 aliphatic rings. The number of sulfonamides is 1. The van der Waals surface area contributed by atoms with Crippen LogP contribution in [0.4, 0.5) is 11.4 Å². The Balaban J connectivity index is 1.60. The van der Waals surface area contributed by atoms with Gasteiger partial charge >= 0.3 is 0 Å². The molecule has 1 amide bonds. The van der Waals surface area contributed by atoms with E-state index in [-0.39, 0.29) is 17.4 Å². The third-order valence-electron chi connectivity index (χ3n) is 4.54. The molecule has 0 aliphatic carbocycles. The lowest BCUT2D eigenvalue weighted by atomic mass is 10.1. The van der Waals surface area contributed by atoms with Crippen LogP contribution < -0.4 is 14.8 Å². The lowest BCUT2D eigenvalue weighted by Crippen LogP contribution is -2.21. The van der Waals surface area contributed by atoms with Gasteiger partial charge in [0.2, 0.25) is 0 Å². The molecule has 0 unspecified atom stereocenters. The number of anilines is 2. The molecule has 0 saturated heterocycles. The Morgan fingerprint density at radius 2 is 1.52 bits per heavy atom. The maximum absolute atomic E-state index is 12.5. The van der Waals surface area contributed by atoms with E-state index in [9.17, 15) is 13.2 Å². The smallest absolute Gasteiger partial charge is 0.262 e. The second-order valence-corrected chi connectivity index (χ2v) is 9.79. The van der Waals surface area contributed by atoms with Gasteiger partial charge in [-0.05, 0) is 80.4 Å². The van der Waals surface area contributed by atoms with Crippen LogP contribution in [0.15, 0.2) is 70.0 Å². The van der Waals surface area contributed by atoms with E-state index < -0.39 is 10.0 Å². The maximum atomic E-state index is 12.5. The minimum atomic E-state index is -3.73. The number of ether oxygens (including phenoxy) is 1. The van der Waals surface area contributed by atoms with Crippen molar-refractivity contribution in [2.24, 2.45) is 0 Å². The van der Waals surface area contributed by atoms with Crippen LogP contribution in [0.3, 0.4) is 0 Å². The highest BCUT2D eigenvalue weighted by atomic mass is 79.9. The SMILES string of the molecule is Cc1cc(C)c(NC(=O)COc2ccc(S(=O)(=O)Nc3ccc(Br)cc3)cc2)c(C)c1. The van der Waals surface area contributed by atoms with E-state index in [1.165, 1.54) is 24.3 Å². The van der Waals surface area contributed by atoms with Gasteiger partial charge in [-0.2, -0.15) is 0 Å². The Morgan fingerprint density at radius 1 is 0.935 bits per heavy atom. The number of nitrogens with one attached hydrogen (secondary N) is 2. The third-order valence-corrected chi connectivity index (χ3v) is 6.47. The number of halogens is 1. The van der Waals surface area contributed by atoms with Gasteiger partial charge < -0.3 is 10.1 Å². The zero-order valence-corrected chi connectivity index (χ0v) is 19.8. The first kappa shape index (κ1) is 22.8. The zero-order chi connectivity index (χ0) is 22.6. The summed E-state index contributed by atoms with van der Waals surface area (Å²) in [5.74, 6) is 0.110. The molecule has 0 fully saturated rings. The van der Waals surface area contributed by atoms with Crippen molar-refractivity contribution in [3.63, 3.8) is 0 Å². The molecule has 0 heterocycles. The predicted molar refractivity (Wildman–Crippen MR) is 126 cm³/mol. The molecule has 3 aromatic carbocycles. The normalized spacial score (nSPS) is 11.1. The first-order valence-electron chi connectivity index (χ1n) is 9.53. The predicted octanol–water partition coefficient (Wildman–Crippen LogP) is 5.19. The summed E-state index contributed by atoms with van der Waals surface area (Å²) in [5, 5.41) is 2.87. The fourth-order valence-corrected chi connectivity index (χ4v) is 4.47. The van der Waals surface area contributed by atoms with E-state index in [1.54, 1.807) is 24.3 Å². The van der Waals surface area contributed by atoms with Crippen molar-refractivity contribution in [1.82, 2.24) is 0 Å². The van der Waals surface area contributed by atoms with E-state index in [0.29, 0.717) is 11.4 Å². The Hall–Kier alpha value is -2.84. The van der Waals surface area contributed by atoms with Crippen molar-refractivity contribution in [2.75, 3.05) is 16.6 Å². The van der Waals surface area contributed by atoms with E-state index in [2.05, 4.69) is 26.0 Å². The van der Waals surface area contributed by atoms with Crippen molar-refractivity contribution >= 4 is 43.2 Å². The maximum Gasteiger partial charge on any atom is 0.262 e. The lowest BCUT2D eigenvalue weighted by molar-refractivity contribution is -0.118. The summed E-state index contributed by atoms with van der Waals surface area (Å²) in [7, 11) is -3.73. The standard InChI is InChI=1S/C23H23BrN2O4S/c1-15-12-16(2)23(17(3)13-15)25-22(27)14-30-20-8-10-21(11-9-20)31(28,29)26-19-6-4-18(24)5-7-19/h4-13,26H,14H2,1-3H3,(H,25,27). The van der Waals surface area contributed by atoms with Crippen molar-refractivity contribution in [3.8, 4) is 5.75 Å². The molecule has 2 N–H and O–H groups in total. The molecule has 0 aliphatic heterocycles. The van der Waals surface area contributed by atoms with Gasteiger partial charge in [0.25, 0.3) is 15.9 Å². The van der Waals surface area contributed by atoms with Crippen molar-refractivity contribution in [1.29, 1.82) is 0 Å². The van der Waals surface area contributed by atoms with Gasteiger partial charge in [-0.15, -0.1) is 0 Å². The van der Waals surface area contributed by atoms with E-state index in [1.807, 2.05) is 32.9 Å². The summed E-state index contributed by atoms with van der Waals surface area (Å²) < 4.78 is 33.9. The lowest BCUT2D eigenvalue weighted by Gasteiger charge is -2.13. The highest BCUT2D eigenvalue weighted by Gasteiger charge is 2.15. The van der Waals surface area contributed by atoms with Crippen molar-refractivity contribution in [2.45, 2.75) is 25.7 Å². The van der Waals surface area contributed by atoms with E-state index >= 15 is 0 Å². The minimum Gasteiger partial charge on any atom is -0.484 e. The van der Waals surface area contributed by atoms with E-state index in [4.69, 9.17) is 4.74 Å². The number of rotatable bonds is 7. The van der Waals surface area contributed by atoms with Crippen LogP contribution in [0.2, 0.25) is 0 Å². The molecule has 0 bridgehead atoms. The fraction of sp³-hybridized carbons (Fsp3) is 0.174. The second-order valence-electron chi connectivity index (χ2n) is 7.19. The van der Waals surface area contributed by atoms with Gasteiger partial charge in [0.15, 0.2) is 6.61 Å². The van der Waals surface area contributed by atoms with Gasteiger partial charge in [-0.3, -0.25) is 9.52 Å². The summed E-state index contributed by atoms with van der Waals surface area (Å²) in [6, 6.07) is 16.7. The molecule has 0 atom stereocenters. The van der Waals surface area contributed by atoms with Gasteiger partial charge in [0, 0.05) is 15.8 Å². The summed E-state index contributed by atoms with van der Waals surface area (Å²) >= 11 is 3.31. The molecule has 0 spiro atoms. The number of hydrogen-bond donors (Lipinski definition) is 2. The van der Waals surface area contributed by atoms with Crippen LogP contribution in [0, 0.1) is 20.8 Å². The summed E-state index contributed by atoms with van der Waals surface area (Å²) in [6.07, 6.45) is 0. The van der Waals surface area contributed by atoms with Crippen molar-refractivity contribution < 1.29 is 17.9 Å². The van der Waals surface area contributed by atoms with Gasteiger partial charge in [0.05, 0.1) is 4.90 Å². The molecule has 162 valence electrons. The Morgan fingerprint density at radius 3 is 2.10 bits per heavy atom. The third kappa shape index (κ3) is 6.08. The summed E-state index contributed by atoms with van der Waals surface area (Å²) in [6.45, 7) is 5.71. The van der Waals surface area contributed by atoms with Crippen LogP contribution in [0.5, 0.6) is 5.75 Å². The molecule has 3 rings (SSSR count). The first-order valence-corrected chi connectivity index (χ1v) is 11.8. The van der Waals surface area contributed by atoms with Gasteiger partial charge in [-0.25, -0.2) is 8.42 Å². The van der Waals surface area contributed by atoms with Crippen LogP contribution in [0.25, 0.3) is 0 Å².